The van der Waals surface area contributed by atoms with E-state index < -0.39 is 10.0 Å². The van der Waals surface area contributed by atoms with Crippen molar-refractivity contribution in [3.05, 3.63) is 48.8 Å². The number of aromatic nitrogens is 2. The van der Waals surface area contributed by atoms with Crippen LogP contribution in [0, 0.1) is 0 Å². The molecule has 4 rings (SSSR count). The maximum Gasteiger partial charge on any atom is 0.269 e. The van der Waals surface area contributed by atoms with Crippen molar-refractivity contribution >= 4 is 32.4 Å². The third kappa shape index (κ3) is 2.81. The van der Waals surface area contributed by atoms with Gasteiger partial charge in [0, 0.05) is 38.9 Å². The van der Waals surface area contributed by atoms with Gasteiger partial charge in [-0.2, -0.15) is 0 Å². The Morgan fingerprint density at radius 2 is 1.81 bits per heavy atom. The summed E-state index contributed by atoms with van der Waals surface area (Å²) in [6.45, 7) is 3.58. The highest BCUT2D eigenvalue weighted by Crippen LogP contribution is 2.28. The van der Waals surface area contributed by atoms with Crippen LogP contribution in [0.1, 0.15) is 0 Å². The van der Waals surface area contributed by atoms with Crippen molar-refractivity contribution in [3.8, 4) is 0 Å². The summed E-state index contributed by atoms with van der Waals surface area (Å²) in [5, 5.41) is 6.31. The van der Waals surface area contributed by atoms with Crippen LogP contribution in [-0.4, -0.2) is 50.6 Å². The van der Waals surface area contributed by atoms with Gasteiger partial charge in [0.05, 0.1) is 16.1 Å². The van der Waals surface area contributed by atoms with E-state index in [0.29, 0.717) is 11.0 Å². The maximum absolute atomic E-state index is 13.1. The Morgan fingerprint density at radius 1 is 1.08 bits per heavy atom. The van der Waals surface area contributed by atoms with Gasteiger partial charge in [-0.1, -0.05) is 6.07 Å². The number of para-hydroxylation sites is 1. The van der Waals surface area contributed by atoms with Crippen molar-refractivity contribution in [1.82, 2.24) is 14.3 Å². The quantitative estimate of drug-likeness (QED) is 0.727. The van der Waals surface area contributed by atoms with Crippen LogP contribution in [0.4, 0.5) is 11.4 Å². The molecule has 1 aliphatic heterocycles. The largest absolute Gasteiger partial charge is 0.388 e. The van der Waals surface area contributed by atoms with Crippen LogP contribution in [0.2, 0.25) is 0 Å². The molecule has 7 nitrogen and oxygen atoms in total. The molecule has 136 valence electrons. The number of imidazole rings is 1. The van der Waals surface area contributed by atoms with E-state index >= 15 is 0 Å². The Balaban J connectivity index is 1.79. The summed E-state index contributed by atoms with van der Waals surface area (Å²) in [5.74, 6) is 0. The molecule has 8 heteroatoms. The summed E-state index contributed by atoms with van der Waals surface area (Å²) in [5.41, 5.74) is 3.15. The Bertz CT molecular complexity index is 1020. The van der Waals surface area contributed by atoms with Gasteiger partial charge < -0.3 is 15.5 Å². The Morgan fingerprint density at radius 3 is 2.50 bits per heavy atom. The van der Waals surface area contributed by atoms with Crippen LogP contribution in [-0.2, 0) is 10.0 Å². The minimum Gasteiger partial charge on any atom is -0.388 e. The molecular weight excluding hydrogens is 350 g/mol. The fourth-order valence-corrected chi connectivity index (χ4v) is 4.55. The molecular formula is C18H21N5O2S. The Kier molecular flexibility index (Phi) is 4.29. The van der Waals surface area contributed by atoms with E-state index in [4.69, 9.17) is 0 Å². The average Bonchev–Trinajstić information content (AvgIpc) is 3.14. The molecule has 3 aromatic rings. The smallest absolute Gasteiger partial charge is 0.269 e. The molecule has 2 heterocycles. The van der Waals surface area contributed by atoms with Crippen LogP contribution in [0.5, 0.6) is 0 Å². The highest BCUT2D eigenvalue weighted by molar-refractivity contribution is 7.90. The summed E-state index contributed by atoms with van der Waals surface area (Å²) in [4.78, 5) is 6.91. The summed E-state index contributed by atoms with van der Waals surface area (Å²) >= 11 is 0. The van der Waals surface area contributed by atoms with Gasteiger partial charge in [0.1, 0.15) is 11.8 Å². The Hall–Kier alpha value is -2.58. The molecule has 0 atom stereocenters. The molecule has 2 N–H and O–H groups in total. The minimum absolute atomic E-state index is 0.239. The molecule has 0 unspecified atom stereocenters. The highest BCUT2D eigenvalue weighted by Gasteiger charge is 2.22. The molecule has 0 radical (unpaired) electrons. The number of anilines is 2. The maximum atomic E-state index is 13.1. The van der Waals surface area contributed by atoms with Crippen LogP contribution >= 0.6 is 0 Å². The first-order valence-electron chi connectivity index (χ1n) is 8.56. The lowest BCUT2D eigenvalue weighted by atomic mass is 10.2. The summed E-state index contributed by atoms with van der Waals surface area (Å²) in [7, 11) is -1.90. The van der Waals surface area contributed by atoms with E-state index in [9.17, 15) is 8.42 Å². The third-order valence-electron chi connectivity index (χ3n) is 4.68. The van der Waals surface area contributed by atoms with E-state index in [-0.39, 0.29) is 4.90 Å². The first-order valence-corrected chi connectivity index (χ1v) is 10.0. The summed E-state index contributed by atoms with van der Waals surface area (Å²) < 4.78 is 27.4. The highest BCUT2D eigenvalue weighted by atomic mass is 32.2. The molecule has 1 fully saturated rings. The second-order valence-corrected chi connectivity index (χ2v) is 8.02. The number of fused-ring (bicyclic) bond motifs is 1. The molecule has 0 bridgehead atoms. The van der Waals surface area contributed by atoms with E-state index in [1.165, 1.54) is 10.3 Å². The molecule has 26 heavy (non-hydrogen) atoms. The predicted molar refractivity (Wildman–Crippen MR) is 103 cm³/mol. The SMILES string of the molecule is CNc1ccc(S(=O)(=O)n2cnc3c(N4CCNCC4)cccc32)cc1. The first kappa shape index (κ1) is 16.9. The lowest BCUT2D eigenvalue weighted by Gasteiger charge is -2.29. The lowest BCUT2D eigenvalue weighted by molar-refractivity contribution is 0.588. The summed E-state index contributed by atoms with van der Waals surface area (Å²) in [6, 6.07) is 12.4. The van der Waals surface area contributed by atoms with Gasteiger partial charge in [0.15, 0.2) is 0 Å². The van der Waals surface area contributed by atoms with Gasteiger partial charge in [-0.05, 0) is 36.4 Å². The van der Waals surface area contributed by atoms with E-state index in [1.807, 2.05) is 12.1 Å². The zero-order valence-corrected chi connectivity index (χ0v) is 15.3. The van der Waals surface area contributed by atoms with Gasteiger partial charge in [-0.15, -0.1) is 0 Å². The zero-order valence-electron chi connectivity index (χ0n) is 14.5. The second-order valence-electron chi connectivity index (χ2n) is 6.20. The third-order valence-corrected chi connectivity index (χ3v) is 6.36. The number of nitrogens with one attached hydrogen (secondary N) is 2. The van der Waals surface area contributed by atoms with Crippen LogP contribution in [0.3, 0.4) is 0 Å². The topological polar surface area (TPSA) is 79.3 Å². The van der Waals surface area contributed by atoms with Crippen LogP contribution in [0.25, 0.3) is 11.0 Å². The number of benzene rings is 2. The monoisotopic (exact) mass is 371 g/mol. The van der Waals surface area contributed by atoms with E-state index in [2.05, 4.69) is 20.5 Å². The first-order chi connectivity index (χ1) is 12.6. The average molecular weight is 371 g/mol. The van der Waals surface area contributed by atoms with Gasteiger partial charge in [-0.3, -0.25) is 0 Å². The zero-order chi connectivity index (χ0) is 18.1. The number of nitrogens with zero attached hydrogens (tertiary/aromatic N) is 3. The number of hydrogen-bond donors (Lipinski definition) is 2. The predicted octanol–water partition coefficient (Wildman–Crippen LogP) is 1.72. The van der Waals surface area contributed by atoms with E-state index in [0.717, 1.165) is 37.6 Å². The molecule has 0 aliphatic carbocycles. The minimum atomic E-state index is -3.70. The van der Waals surface area contributed by atoms with Crippen molar-refractivity contribution in [3.63, 3.8) is 0 Å². The molecule has 1 aromatic heterocycles. The fourth-order valence-electron chi connectivity index (χ4n) is 3.26. The summed E-state index contributed by atoms with van der Waals surface area (Å²) in [6.07, 6.45) is 1.40. The molecule has 0 saturated carbocycles. The van der Waals surface area contributed by atoms with Crippen molar-refractivity contribution < 1.29 is 8.42 Å². The number of rotatable bonds is 4. The van der Waals surface area contributed by atoms with E-state index in [1.54, 1.807) is 37.4 Å². The van der Waals surface area contributed by atoms with Crippen molar-refractivity contribution in [2.24, 2.45) is 0 Å². The molecule has 1 aliphatic rings. The van der Waals surface area contributed by atoms with Crippen LogP contribution < -0.4 is 15.5 Å². The van der Waals surface area contributed by atoms with Gasteiger partial charge >= 0.3 is 0 Å². The fraction of sp³-hybridized carbons (Fsp3) is 0.278. The van der Waals surface area contributed by atoms with Crippen molar-refractivity contribution in [1.29, 1.82) is 0 Å². The van der Waals surface area contributed by atoms with Gasteiger partial charge in [0.25, 0.3) is 10.0 Å². The molecule has 0 spiro atoms. The van der Waals surface area contributed by atoms with Gasteiger partial charge in [0.2, 0.25) is 0 Å². The lowest BCUT2D eigenvalue weighted by Crippen LogP contribution is -2.43. The molecule has 2 aromatic carbocycles. The Labute approximate surface area is 152 Å². The number of piperazine rings is 1. The van der Waals surface area contributed by atoms with Gasteiger partial charge in [-0.25, -0.2) is 17.4 Å². The second kappa shape index (κ2) is 6.62. The van der Waals surface area contributed by atoms with Crippen molar-refractivity contribution in [2.45, 2.75) is 4.90 Å². The molecule has 0 amide bonds. The standard InChI is InChI=1S/C18H21N5O2S/c1-19-14-5-7-15(8-6-14)26(24,25)23-13-21-18-16(3-2-4-17(18)23)22-11-9-20-10-12-22/h2-8,13,19-20H,9-12H2,1H3. The molecule has 1 saturated heterocycles. The number of hydrogen-bond acceptors (Lipinski definition) is 6. The van der Waals surface area contributed by atoms with Crippen LogP contribution in [0.15, 0.2) is 53.7 Å². The van der Waals surface area contributed by atoms with Crippen molar-refractivity contribution in [2.75, 3.05) is 43.4 Å². The normalized spacial score (nSPS) is 15.3.